The summed E-state index contributed by atoms with van der Waals surface area (Å²) in [6, 6.07) is 4.59. The molecule has 0 aromatic heterocycles. The molecule has 1 aromatic carbocycles. The Balaban J connectivity index is 3.02. The van der Waals surface area contributed by atoms with Crippen molar-refractivity contribution in [3.05, 3.63) is 29.3 Å². The smallest absolute Gasteiger partial charge is 0.330 e. The van der Waals surface area contributed by atoms with Crippen LogP contribution in [0.4, 0.5) is 10.5 Å². The van der Waals surface area contributed by atoms with Crippen LogP contribution in [0.25, 0.3) is 0 Å². The number of carbonyl (C=O) groups is 2. The SMILES string of the molecule is Cc1cc(C)cc(N(CC(=O)[O-])NC(N)=O)c1. The first-order valence-electron chi connectivity index (χ1n) is 5.00. The number of benzene rings is 1. The molecule has 0 radical (unpaired) electrons. The van der Waals surface area contributed by atoms with Gasteiger partial charge in [-0.3, -0.25) is 5.01 Å². The van der Waals surface area contributed by atoms with Crippen molar-refractivity contribution >= 4 is 17.7 Å². The molecule has 0 aliphatic rings. The van der Waals surface area contributed by atoms with Crippen LogP contribution in [0.3, 0.4) is 0 Å². The quantitative estimate of drug-likeness (QED) is 0.685. The average molecular weight is 236 g/mol. The van der Waals surface area contributed by atoms with Crippen molar-refractivity contribution in [1.29, 1.82) is 0 Å². The van der Waals surface area contributed by atoms with Gasteiger partial charge in [-0.15, -0.1) is 0 Å². The van der Waals surface area contributed by atoms with Crippen molar-refractivity contribution in [3.8, 4) is 0 Å². The fourth-order valence-corrected chi connectivity index (χ4v) is 1.56. The van der Waals surface area contributed by atoms with Crippen molar-refractivity contribution < 1.29 is 14.7 Å². The second-order valence-corrected chi connectivity index (χ2v) is 3.78. The molecule has 0 saturated carbocycles. The molecule has 0 atom stereocenters. The predicted octanol–water partition coefficient (Wildman–Crippen LogP) is -0.557. The Labute approximate surface area is 99.0 Å². The van der Waals surface area contributed by atoms with Crippen molar-refractivity contribution in [2.45, 2.75) is 13.8 Å². The number of hydrogen-bond acceptors (Lipinski definition) is 4. The number of aryl methyl sites for hydroxylation is 2. The Morgan fingerprint density at radius 3 is 2.24 bits per heavy atom. The van der Waals surface area contributed by atoms with Crippen LogP contribution in [-0.4, -0.2) is 18.5 Å². The van der Waals surface area contributed by atoms with E-state index in [9.17, 15) is 14.7 Å². The molecule has 0 unspecified atom stereocenters. The van der Waals surface area contributed by atoms with Gasteiger partial charge in [0.15, 0.2) is 0 Å². The highest BCUT2D eigenvalue weighted by Gasteiger charge is 2.09. The lowest BCUT2D eigenvalue weighted by atomic mass is 10.1. The molecule has 0 aliphatic carbocycles. The number of amides is 2. The largest absolute Gasteiger partial charge is 0.548 e. The number of carboxylic acids is 1. The molecule has 2 amide bonds. The third-order valence-electron chi connectivity index (χ3n) is 2.05. The molecule has 3 N–H and O–H groups in total. The summed E-state index contributed by atoms with van der Waals surface area (Å²) in [5.74, 6) is -1.31. The lowest BCUT2D eigenvalue weighted by Crippen LogP contribution is -2.50. The maximum absolute atomic E-state index is 10.8. The van der Waals surface area contributed by atoms with Gasteiger partial charge in [0, 0.05) is 0 Å². The van der Waals surface area contributed by atoms with E-state index < -0.39 is 18.5 Å². The van der Waals surface area contributed by atoms with Crippen LogP contribution in [0.15, 0.2) is 18.2 Å². The summed E-state index contributed by atoms with van der Waals surface area (Å²) in [6.45, 7) is 3.28. The first-order chi connectivity index (χ1) is 7.88. The Hall–Kier alpha value is -2.24. The highest BCUT2D eigenvalue weighted by Crippen LogP contribution is 2.16. The van der Waals surface area contributed by atoms with E-state index in [1.165, 1.54) is 0 Å². The Morgan fingerprint density at radius 2 is 1.82 bits per heavy atom. The van der Waals surface area contributed by atoms with Crippen LogP contribution in [-0.2, 0) is 4.79 Å². The van der Waals surface area contributed by atoms with Crippen molar-refractivity contribution in [1.82, 2.24) is 5.43 Å². The van der Waals surface area contributed by atoms with Gasteiger partial charge in [0.2, 0.25) is 0 Å². The minimum Gasteiger partial charge on any atom is -0.548 e. The molecule has 0 spiro atoms. The molecule has 0 heterocycles. The number of carbonyl (C=O) groups excluding carboxylic acids is 2. The van der Waals surface area contributed by atoms with Gasteiger partial charge >= 0.3 is 6.03 Å². The number of aliphatic carboxylic acids is 1. The fourth-order valence-electron chi connectivity index (χ4n) is 1.56. The number of carboxylic acid groups (broad SMARTS) is 1. The minimum atomic E-state index is -1.31. The van der Waals surface area contributed by atoms with Crippen molar-refractivity contribution in [2.24, 2.45) is 5.73 Å². The second-order valence-electron chi connectivity index (χ2n) is 3.78. The summed E-state index contributed by atoms with van der Waals surface area (Å²) in [4.78, 5) is 21.4. The van der Waals surface area contributed by atoms with E-state index in [-0.39, 0.29) is 0 Å². The Bertz CT molecular complexity index is 409. The van der Waals surface area contributed by atoms with Gasteiger partial charge in [-0.2, -0.15) is 0 Å². The van der Waals surface area contributed by atoms with Gasteiger partial charge in [-0.05, 0) is 37.1 Å². The Morgan fingerprint density at radius 1 is 1.29 bits per heavy atom. The number of primary amides is 1. The molecule has 0 bridgehead atoms. The van der Waals surface area contributed by atoms with Crippen LogP contribution in [0, 0.1) is 13.8 Å². The third kappa shape index (κ3) is 4.02. The monoisotopic (exact) mass is 236 g/mol. The summed E-state index contributed by atoms with van der Waals surface area (Å²) in [5, 5.41) is 11.7. The first kappa shape index (κ1) is 12.8. The maximum Gasteiger partial charge on any atom is 0.330 e. The normalized spacial score (nSPS) is 9.76. The summed E-state index contributed by atoms with van der Waals surface area (Å²) >= 11 is 0. The number of anilines is 1. The number of hydrazine groups is 1. The van der Waals surface area contributed by atoms with Gasteiger partial charge in [-0.25, -0.2) is 10.2 Å². The van der Waals surface area contributed by atoms with E-state index in [1.54, 1.807) is 12.1 Å². The van der Waals surface area contributed by atoms with E-state index in [0.29, 0.717) is 5.69 Å². The topological polar surface area (TPSA) is 98.5 Å². The summed E-state index contributed by atoms with van der Waals surface area (Å²) in [7, 11) is 0. The molecule has 0 fully saturated rings. The molecule has 6 nitrogen and oxygen atoms in total. The number of rotatable bonds is 4. The zero-order chi connectivity index (χ0) is 13.0. The van der Waals surface area contributed by atoms with Gasteiger partial charge in [0.25, 0.3) is 0 Å². The average Bonchev–Trinajstić information content (AvgIpc) is 2.13. The van der Waals surface area contributed by atoms with E-state index >= 15 is 0 Å². The highest BCUT2D eigenvalue weighted by molar-refractivity contribution is 5.78. The number of nitrogens with two attached hydrogens (primary N) is 1. The lowest BCUT2D eigenvalue weighted by molar-refractivity contribution is -0.303. The highest BCUT2D eigenvalue weighted by atomic mass is 16.4. The molecule has 6 heteroatoms. The fraction of sp³-hybridized carbons (Fsp3) is 0.273. The minimum absolute atomic E-state index is 0.466. The molecule has 1 rings (SSSR count). The van der Waals surface area contributed by atoms with Gasteiger partial charge in [0.05, 0.1) is 18.2 Å². The van der Waals surface area contributed by atoms with Crippen molar-refractivity contribution in [3.63, 3.8) is 0 Å². The maximum atomic E-state index is 10.8. The van der Waals surface area contributed by atoms with Crippen LogP contribution < -0.4 is 21.3 Å². The van der Waals surface area contributed by atoms with Gasteiger partial charge in [-0.1, -0.05) is 6.07 Å². The molecule has 92 valence electrons. The van der Waals surface area contributed by atoms with Crippen LogP contribution in [0.1, 0.15) is 11.1 Å². The number of hydrogen-bond donors (Lipinski definition) is 2. The third-order valence-corrected chi connectivity index (χ3v) is 2.05. The molecule has 0 aliphatic heterocycles. The summed E-state index contributed by atoms with van der Waals surface area (Å²) in [5.41, 5.74) is 9.66. The van der Waals surface area contributed by atoms with Crippen molar-refractivity contribution in [2.75, 3.05) is 11.6 Å². The molecular weight excluding hydrogens is 222 g/mol. The van der Waals surface area contributed by atoms with Crippen LogP contribution >= 0.6 is 0 Å². The van der Waals surface area contributed by atoms with Gasteiger partial charge < -0.3 is 15.6 Å². The lowest BCUT2D eigenvalue weighted by Gasteiger charge is -2.25. The summed E-state index contributed by atoms with van der Waals surface area (Å²) < 4.78 is 0. The zero-order valence-electron chi connectivity index (χ0n) is 9.69. The van der Waals surface area contributed by atoms with Gasteiger partial charge in [0.1, 0.15) is 0 Å². The first-order valence-corrected chi connectivity index (χ1v) is 5.00. The number of nitrogens with zero attached hydrogens (tertiary/aromatic N) is 1. The van der Waals surface area contributed by atoms with E-state index in [4.69, 9.17) is 5.73 Å². The predicted molar refractivity (Wildman–Crippen MR) is 61.0 cm³/mol. The van der Waals surface area contributed by atoms with E-state index in [2.05, 4.69) is 5.43 Å². The molecule has 0 saturated heterocycles. The second kappa shape index (κ2) is 5.20. The summed E-state index contributed by atoms with van der Waals surface area (Å²) in [6.07, 6.45) is 0. The number of nitrogens with one attached hydrogen (secondary N) is 1. The zero-order valence-corrected chi connectivity index (χ0v) is 9.69. The number of urea groups is 1. The molecular formula is C11H14N3O3-. The van der Waals surface area contributed by atoms with E-state index in [0.717, 1.165) is 16.1 Å². The molecule has 1 aromatic rings. The van der Waals surface area contributed by atoms with Crippen LogP contribution in [0.5, 0.6) is 0 Å². The van der Waals surface area contributed by atoms with E-state index in [1.807, 2.05) is 19.9 Å². The standard InChI is InChI=1S/C11H15N3O3/c1-7-3-8(2)5-9(4-7)14(6-10(15)16)13-11(12)17/h3-5H,6H2,1-2H3,(H,15,16)(H3,12,13,17)/p-1. The molecule has 17 heavy (non-hydrogen) atoms. The Kier molecular flexibility index (Phi) is 3.92. The van der Waals surface area contributed by atoms with Crippen LogP contribution in [0.2, 0.25) is 0 Å².